The number of nitrogens with two attached hydrogens (primary N) is 1. The molecule has 6 nitrogen and oxygen atoms in total. The van der Waals surface area contributed by atoms with Crippen molar-refractivity contribution in [3.8, 4) is 11.5 Å². The van der Waals surface area contributed by atoms with Crippen LogP contribution in [0.2, 0.25) is 0 Å². The topological polar surface area (TPSA) is 104 Å². The van der Waals surface area contributed by atoms with Gasteiger partial charge in [-0.15, -0.1) is 0 Å². The molecule has 2 amide bonds. The number of phenolic OH excluding ortho intramolecular Hbond substituents is 2. The second-order valence-corrected chi connectivity index (χ2v) is 4.34. The third-order valence-electron chi connectivity index (χ3n) is 3.09. The lowest BCUT2D eigenvalue weighted by atomic mass is 10.1. The molecule has 18 heavy (non-hydrogen) atoms. The highest BCUT2D eigenvalue weighted by Crippen LogP contribution is 2.26. The third-order valence-corrected chi connectivity index (χ3v) is 3.09. The number of nitrogens with zero attached hydrogens (tertiary/aromatic N) is 1. The largest absolute Gasteiger partial charge is 0.508 e. The van der Waals surface area contributed by atoms with Crippen LogP contribution in [0.15, 0.2) is 18.2 Å². The second kappa shape index (κ2) is 4.56. The van der Waals surface area contributed by atoms with Crippen LogP contribution in [0.1, 0.15) is 16.8 Å². The van der Waals surface area contributed by atoms with Crippen molar-refractivity contribution in [1.29, 1.82) is 0 Å². The van der Waals surface area contributed by atoms with E-state index in [1.807, 2.05) is 0 Å². The number of rotatable bonds is 2. The van der Waals surface area contributed by atoms with Crippen LogP contribution in [-0.2, 0) is 4.79 Å². The summed E-state index contributed by atoms with van der Waals surface area (Å²) in [6.07, 6.45) is 0.528. The Labute approximate surface area is 104 Å². The van der Waals surface area contributed by atoms with Crippen LogP contribution < -0.4 is 5.73 Å². The molecule has 1 unspecified atom stereocenters. The summed E-state index contributed by atoms with van der Waals surface area (Å²) in [5.41, 5.74) is 5.21. The molecule has 1 atom stereocenters. The molecule has 96 valence electrons. The van der Waals surface area contributed by atoms with E-state index in [1.54, 1.807) is 0 Å². The smallest absolute Gasteiger partial charge is 0.257 e. The van der Waals surface area contributed by atoms with Gasteiger partial charge in [-0.1, -0.05) is 0 Å². The Bertz CT molecular complexity index is 501. The Hall–Kier alpha value is -2.24. The Balaban J connectivity index is 2.17. The van der Waals surface area contributed by atoms with E-state index >= 15 is 0 Å². The predicted octanol–water partition coefficient (Wildman–Crippen LogP) is 0.0452. The van der Waals surface area contributed by atoms with Gasteiger partial charge in [-0.3, -0.25) is 9.59 Å². The fourth-order valence-electron chi connectivity index (χ4n) is 2.04. The van der Waals surface area contributed by atoms with Gasteiger partial charge in [0.15, 0.2) is 0 Å². The highest BCUT2D eigenvalue weighted by atomic mass is 16.3. The van der Waals surface area contributed by atoms with Gasteiger partial charge in [0, 0.05) is 13.1 Å². The van der Waals surface area contributed by atoms with Crippen LogP contribution in [0.5, 0.6) is 11.5 Å². The van der Waals surface area contributed by atoms with E-state index in [1.165, 1.54) is 23.1 Å². The van der Waals surface area contributed by atoms with Crippen molar-refractivity contribution in [2.75, 3.05) is 13.1 Å². The lowest BCUT2D eigenvalue weighted by Crippen LogP contribution is -2.31. The summed E-state index contributed by atoms with van der Waals surface area (Å²) in [6, 6.07) is 3.75. The van der Waals surface area contributed by atoms with E-state index in [9.17, 15) is 19.8 Å². The van der Waals surface area contributed by atoms with Crippen LogP contribution in [0.4, 0.5) is 0 Å². The average molecular weight is 250 g/mol. The minimum absolute atomic E-state index is 0.0279. The van der Waals surface area contributed by atoms with Gasteiger partial charge >= 0.3 is 0 Å². The fraction of sp³-hybridized carbons (Fsp3) is 0.333. The van der Waals surface area contributed by atoms with E-state index < -0.39 is 11.8 Å². The monoisotopic (exact) mass is 250 g/mol. The Kier molecular flexibility index (Phi) is 3.10. The maximum absolute atomic E-state index is 12.1. The molecule has 0 radical (unpaired) electrons. The zero-order valence-corrected chi connectivity index (χ0v) is 9.67. The lowest BCUT2D eigenvalue weighted by molar-refractivity contribution is -0.121. The molecule has 0 saturated carbocycles. The SMILES string of the molecule is NC(=O)C1CCN(C(=O)c2cc(O)ccc2O)C1. The molecule has 1 aliphatic rings. The Morgan fingerprint density at radius 2 is 2.06 bits per heavy atom. The molecule has 2 rings (SSSR count). The van der Waals surface area contributed by atoms with Crippen molar-refractivity contribution in [3.05, 3.63) is 23.8 Å². The lowest BCUT2D eigenvalue weighted by Gasteiger charge is -2.16. The molecule has 6 heteroatoms. The zero-order valence-electron chi connectivity index (χ0n) is 9.67. The predicted molar refractivity (Wildman–Crippen MR) is 63.0 cm³/mol. The van der Waals surface area contributed by atoms with E-state index in [-0.39, 0.29) is 29.5 Å². The minimum Gasteiger partial charge on any atom is -0.508 e. The maximum Gasteiger partial charge on any atom is 0.257 e. The first-order chi connectivity index (χ1) is 8.49. The first kappa shape index (κ1) is 12.2. The molecule has 1 aromatic rings. The number of primary amides is 1. The number of likely N-dealkylation sites (tertiary alicyclic amines) is 1. The number of carbonyl (C=O) groups is 2. The van der Waals surface area contributed by atoms with Gasteiger partial charge in [0.1, 0.15) is 11.5 Å². The number of phenols is 2. The standard InChI is InChI=1S/C12H14N2O4/c13-11(17)7-3-4-14(6-7)12(18)9-5-8(15)1-2-10(9)16/h1-2,5,7,15-16H,3-4,6H2,(H2,13,17). The van der Waals surface area contributed by atoms with Gasteiger partial charge in [-0.2, -0.15) is 0 Å². The van der Waals surface area contributed by atoms with Crippen molar-refractivity contribution >= 4 is 11.8 Å². The van der Waals surface area contributed by atoms with Crippen LogP contribution in [0.3, 0.4) is 0 Å². The summed E-state index contributed by atoms with van der Waals surface area (Å²) in [5.74, 6) is -1.46. The maximum atomic E-state index is 12.1. The summed E-state index contributed by atoms with van der Waals surface area (Å²) in [7, 11) is 0. The van der Waals surface area contributed by atoms with E-state index in [2.05, 4.69) is 0 Å². The summed E-state index contributed by atoms with van der Waals surface area (Å²) in [6.45, 7) is 0.671. The van der Waals surface area contributed by atoms with Crippen LogP contribution in [-0.4, -0.2) is 40.0 Å². The number of aromatic hydroxyl groups is 2. The fourth-order valence-corrected chi connectivity index (χ4v) is 2.04. The van der Waals surface area contributed by atoms with Crippen LogP contribution in [0.25, 0.3) is 0 Å². The highest BCUT2D eigenvalue weighted by Gasteiger charge is 2.31. The van der Waals surface area contributed by atoms with Crippen molar-refractivity contribution in [1.82, 2.24) is 4.90 Å². The Morgan fingerprint density at radius 1 is 1.33 bits per heavy atom. The molecule has 0 aliphatic carbocycles. The molecular formula is C12H14N2O4. The zero-order chi connectivity index (χ0) is 13.3. The van der Waals surface area contributed by atoms with E-state index in [0.717, 1.165) is 0 Å². The molecule has 1 aromatic carbocycles. The van der Waals surface area contributed by atoms with Crippen LogP contribution in [0, 0.1) is 5.92 Å². The highest BCUT2D eigenvalue weighted by molar-refractivity contribution is 5.97. The number of hydrogen-bond acceptors (Lipinski definition) is 4. The molecule has 0 spiro atoms. The summed E-state index contributed by atoms with van der Waals surface area (Å²) < 4.78 is 0. The van der Waals surface area contributed by atoms with Crippen molar-refractivity contribution in [3.63, 3.8) is 0 Å². The molecule has 4 N–H and O–H groups in total. The van der Waals surface area contributed by atoms with Gasteiger partial charge in [-0.25, -0.2) is 0 Å². The van der Waals surface area contributed by atoms with E-state index in [4.69, 9.17) is 5.73 Å². The van der Waals surface area contributed by atoms with Crippen molar-refractivity contribution < 1.29 is 19.8 Å². The van der Waals surface area contributed by atoms with Gasteiger partial charge in [0.2, 0.25) is 5.91 Å². The number of carbonyl (C=O) groups excluding carboxylic acids is 2. The molecule has 1 heterocycles. The van der Waals surface area contributed by atoms with Crippen LogP contribution >= 0.6 is 0 Å². The van der Waals surface area contributed by atoms with E-state index in [0.29, 0.717) is 13.0 Å². The van der Waals surface area contributed by atoms with Crippen molar-refractivity contribution in [2.24, 2.45) is 11.7 Å². The number of benzene rings is 1. The van der Waals surface area contributed by atoms with Gasteiger partial charge in [0.05, 0.1) is 11.5 Å². The second-order valence-electron chi connectivity index (χ2n) is 4.34. The molecular weight excluding hydrogens is 236 g/mol. The summed E-state index contributed by atoms with van der Waals surface area (Å²) in [5, 5.41) is 18.9. The first-order valence-electron chi connectivity index (χ1n) is 5.59. The molecule has 1 saturated heterocycles. The molecule has 1 aliphatic heterocycles. The Morgan fingerprint density at radius 3 is 2.67 bits per heavy atom. The van der Waals surface area contributed by atoms with Crippen molar-refractivity contribution in [2.45, 2.75) is 6.42 Å². The molecule has 0 aromatic heterocycles. The van der Waals surface area contributed by atoms with Gasteiger partial charge < -0.3 is 20.8 Å². The minimum atomic E-state index is -0.426. The average Bonchev–Trinajstić information content (AvgIpc) is 2.81. The first-order valence-corrected chi connectivity index (χ1v) is 5.59. The van der Waals surface area contributed by atoms with Gasteiger partial charge in [0.25, 0.3) is 5.91 Å². The number of amides is 2. The molecule has 1 fully saturated rings. The normalized spacial score (nSPS) is 18.9. The number of hydrogen-bond donors (Lipinski definition) is 3. The third kappa shape index (κ3) is 2.22. The summed E-state index contributed by atoms with van der Waals surface area (Å²) in [4.78, 5) is 24.6. The van der Waals surface area contributed by atoms with Gasteiger partial charge in [-0.05, 0) is 24.6 Å². The quantitative estimate of drug-likeness (QED) is 0.645. The molecule has 0 bridgehead atoms. The summed E-state index contributed by atoms with van der Waals surface area (Å²) >= 11 is 0.